The van der Waals surface area contributed by atoms with Gasteiger partial charge in [0.15, 0.2) is 0 Å². The molecule has 2 heterocycles. The Morgan fingerprint density at radius 1 is 0.360 bits per heavy atom. The normalized spacial score (nSPS) is 11.1. The monoisotopic (exact) mass is 635 g/mol. The van der Waals surface area contributed by atoms with Crippen molar-refractivity contribution < 1.29 is 0 Å². The van der Waals surface area contributed by atoms with Gasteiger partial charge in [0, 0.05) is 32.8 Å². The Balaban J connectivity index is 1.12. The van der Waals surface area contributed by atoms with Crippen LogP contribution >= 0.6 is 0 Å². The molecule has 0 atom stereocenters. The smallest absolute Gasteiger partial charge is 0.0991 e. The molecule has 9 rings (SSSR count). The summed E-state index contributed by atoms with van der Waals surface area (Å²) in [5, 5.41) is 33.2. The lowest BCUT2D eigenvalue weighted by Crippen LogP contribution is -1.98. The lowest BCUT2D eigenvalue weighted by molar-refractivity contribution is 1.18. The summed E-state index contributed by atoms with van der Waals surface area (Å²) in [7, 11) is 0. The van der Waals surface area contributed by atoms with Crippen molar-refractivity contribution in [3.8, 4) is 51.8 Å². The van der Waals surface area contributed by atoms with Crippen LogP contribution in [0, 0.1) is 34.0 Å². The van der Waals surface area contributed by atoms with E-state index in [2.05, 4.69) is 100 Å². The van der Waals surface area contributed by atoms with Gasteiger partial charge in [-0.15, -0.1) is 0 Å². The van der Waals surface area contributed by atoms with E-state index >= 15 is 0 Å². The Morgan fingerprint density at radius 3 is 1.38 bits per heavy atom. The largest absolute Gasteiger partial charge is 0.309 e. The predicted octanol–water partition coefficient (Wildman–Crippen LogP) is 10.8. The molecule has 9 aromatic rings. The summed E-state index contributed by atoms with van der Waals surface area (Å²) in [6.07, 6.45) is 0. The van der Waals surface area contributed by atoms with Crippen molar-refractivity contribution in [3.05, 3.63) is 168 Å². The minimum atomic E-state index is 0.588. The van der Waals surface area contributed by atoms with Crippen LogP contribution < -0.4 is 0 Å². The van der Waals surface area contributed by atoms with Crippen LogP contribution in [0.3, 0.4) is 0 Å². The number of hydrogen-bond acceptors (Lipinski definition) is 3. The predicted molar refractivity (Wildman–Crippen MR) is 200 cm³/mol. The van der Waals surface area contributed by atoms with Gasteiger partial charge >= 0.3 is 0 Å². The molecule has 230 valence electrons. The Kier molecular flexibility index (Phi) is 6.56. The van der Waals surface area contributed by atoms with Gasteiger partial charge in [-0.25, -0.2) is 0 Å². The SMILES string of the molecule is N#Cc1ccc(-n2c3ccccc3c3cc(C#N)ccc32)c(-c2ccc(-c3ccc(-n4c5ccccc5c5cc(C#N)ccc54)cc3)cc2)c1. The molecule has 0 spiro atoms. The molecule has 0 aliphatic rings. The summed E-state index contributed by atoms with van der Waals surface area (Å²) in [4.78, 5) is 0. The van der Waals surface area contributed by atoms with Crippen LogP contribution in [0.1, 0.15) is 16.7 Å². The van der Waals surface area contributed by atoms with Crippen LogP contribution in [0.4, 0.5) is 0 Å². The van der Waals surface area contributed by atoms with Crippen LogP contribution in [-0.4, -0.2) is 9.13 Å². The Hall–Kier alpha value is -7.39. The standard InChI is InChI=1S/C45H25N5/c46-26-29-9-20-43(50-42-8-4-2-6-37(42)40-25-31(28-48)11-22-45(40)50)38(23-29)34-14-12-32(13-15-34)33-16-18-35(19-17-33)49-41-7-3-1-5-36(41)39-24-30(27-47)10-21-44(39)49/h1-25H. The third kappa shape index (κ3) is 4.45. The van der Waals surface area contributed by atoms with E-state index in [-0.39, 0.29) is 0 Å². The van der Waals surface area contributed by atoms with Gasteiger partial charge in [0.2, 0.25) is 0 Å². The first kappa shape index (κ1) is 28.8. The average Bonchev–Trinajstić information content (AvgIpc) is 3.69. The molecule has 0 radical (unpaired) electrons. The van der Waals surface area contributed by atoms with E-state index in [0.29, 0.717) is 16.7 Å². The maximum Gasteiger partial charge on any atom is 0.0991 e. The average molecular weight is 636 g/mol. The van der Waals surface area contributed by atoms with Crippen molar-refractivity contribution in [2.45, 2.75) is 0 Å². The van der Waals surface area contributed by atoms with E-state index in [4.69, 9.17) is 0 Å². The molecule has 0 amide bonds. The fourth-order valence-corrected chi connectivity index (χ4v) is 7.30. The van der Waals surface area contributed by atoms with Gasteiger partial charge in [0.1, 0.15) is 0 Å². The van der Waals surface area contributed by atoms with Crippen LogP contribution in [0.15, 0.2) is 152 Å². The Bertz CT molecular complexity index is 2940. The minimum absolute atomic E-state index is 0.588. The van der Waals surface area contributed by atoms with Crippen LogP contribution in [0.25, 0.3) is 77.2 Å². The highest BCUT2D eigenvalue weighted by Gasteiger charge is 2.17. The van der Waals surface area contributed by atoms with Crippen molar-refractivity contribution in [2.24, 2.45) is 0 Å². The zero-order chi connectivity index (χ0) is 33.8. The topological polar surface area (TPSA) is 81.2 Å². The summed E-state index contributed by atoms with van der Waals surface area (Å²) in [5.41, 5.74) is 12.2. The molecule has 7 aromatic carbocycles. The van der Waals surface area contributed by atoms with Gasteiger partial charge in [0.05, 0.1) is 62.7 Å². The Labute approximate surface area is 287 Å². The lowest BCUT2D eigenvalue weighted by Gasteiger charge is -2.15. The number of fused-ring (bicyclic) bond motifs is 6. The summed E-state index contributed by atoms with van der Waals surface area (Å²) in [5.74, 6) is 0. The molecule has 5 heteroatoms. The second-order valence-electron chi connectivity index (χ2n) is 12.4. The second kappa shape index (κ2) is 11.4. The molecule has 5 nitrogen and oxygen atoms in total. The van der Waals surface area contributed by atoms with E-state index in [1.807, 2.05) is 78.9 Å². The number of nitrogens with zero attached hydrogens (tertiary/aromatic N) is 5. The van der Waals surface area contributed by atoms with E-state index in [1.54, 1.807) is 0 Å². The zero-order valence-electron chi connectivity index (χ0n) is 26.7. The maximum absolute atomic E-state index is 9.85. The summed E-state index contributed by atoms with van der Waals surface area (Å²) in [6, 6.07) is 57.9. The van der Waals surface area contributed by atoms with Crippen LogP contribution in [0.2, 0.25) is 0 Å². The van der Waals surface area contributed by atoms with Crippen molar-refractivity contribution in [1.29, 1.82) is 15.8 Å². The molecular formula is C45H25N5. The van der Waals surface area contributed by atoms with Crippen molar-refractivity contribution in [2.75, 3.05) is 0 Å². The number of para-hydroxylation sites is 2. The molecule has 0 aliphatic heterocycles. The second-order valence-corrected chi connectivity index (χ2v) is 12.4. The number of aromatic nitrogens is 2. The number of rotatable bonds is 4. The fourth-order valence-electron chi connectivity index (χ4n) is 7.30. The van der Waals surface area contributed by atoms with Gasteiger partial charge in [-0.1, -0.05) is 72.8 Å². The molecule has 2 aromatic heterocycles. The van der Waals surface area contributed by atoms with Gasteiger partial charge in [-0.05, 0) is 95.6 Å². The minimum Gasteiger partial charge on any atom is -0.309 e. The van der Waals surface area contributed by atoms with Crippen molar-refractivity contribution in [1.82, 2.24) is 9.13 Å². The number of nitriles is 3. The summed E-state index contributed by atoms with van der Waals surface area (Å²) >= 11 is 0. The quantitative estimate of drug-likeness (QED) is 0.193. The van der Waals surface area contributed by atoms with Gasteiger partial charge < -0.3 is 9.13 Å². The highest BCUT2D eigenvalue weighted by atomic mass is 15.0. The molecule has 0 saturated heterocycles. The Morgan fingerprint density at radius 2 is 0.800 bits per heavy atom. The molecule has 0 bridgehead atoms. The summed E-state index contributed by atoms with van der Waals surface area (Å²) < 4.78 is 4.48. The van der Waals surface area contributed by atoms with E-state index in [0.717, 1.165) is 77.2 Å². The third-order valence-corrected chi connectivity index (χ3v) is 9.62. The van der Waals surface area contributed by atoms with Crippen LogP contribution in [-0.2, 0) is 0 Å². The van der Waals surface area contributed by atoms with E-state index < -0.39 is 0 Å². The van der Waals surface area contributed by atoms with Crippen molar-refractivity contribution in [3.63, 3.8) is 0 Å². The lowest BCUT2D eigenvalue weighted by atomic mass is 9.97. The summed E-state index contributed by atoms with van der Waals surface area (Å²) in [6.45, 7) is 0. The first-order valence-corrected chi connectivity index (χ1v) is 16.3. The first-order valence-electron chi connectivity index (χ1n) is 16.3. The van der Waals surface area contributed by atoms with Gasteiger partial charge in [0.25, 0.3) is 0 Å². The maximum atomic E-state index is 9.85. The zero-order valence-corrected chi connectivity index (χ0v) is 26.7. The fraction of sp³-hybridized carbons (Fsp3) is 0. The van der Waals surface area contributed by atoms with Gasteiger partial charge in [-0.2, -0.15) is 15.8 Å². The van der Waals surface area contributed by atoms with E-state index in [1.165, 1.54) is 0 Å². The number of hydrogen-bond donors (Lipinski definition) is 0. The van der Waals surface area contributed by atoms with Gasteiger partial charge in [-0.3, -0.25) is 0 Å². The van der Waals surface area contributed by atoms with Crippen LogP contribution in [0.5, 0.6) is 0 Å². The third-order valence-electron chi connectivity index (χ3n) is 9.62. The highest BCUT2D eigenvalue weighted by molar-refractivity contribution is 6.11. The first-order chi connectivity index (χ1) is 24.6. The van der Waals surface area contributed by atoms with E-state index in [9.17, 15) is 15.8 Å². The molecule has 0 unspecified atom stereocenters. The number of benzene rings is 7. The highest BCUT2D eigenvalue weighted by Crippen LogP contribution is 2.38. The molecule has 0 aliphatic carbocycles. The molecule has 0 fully saturated rings. The molecule has 50 heavy (non-hydrogen) atoms. The molecular weight excluding hydrogens is 611 g/mol. The van der Waals surface area contributed by atoms with Crippen molar-refractivity contribution >= 4 is 43.6 Å². The molecule has 0 saturated carbocycles. The molecule has 0 N–H and O–H groups in total.